The largest absolute Gasteiger partial charge is 0.462 e. The maximum absolute atomic E-state index is 12.8. The Balaban J connectivity index is 5.18. The van der Waals surface area contributed by atoms with E-state index in [4.69, 9.17) is 9.47 Å². The van der Waals surface area contributed by atoms with Crippen LogP contribution >= 0.6 is 0 Å². The molecule has 7 heteroatoms. The fourth-order valence-corrected chi connectivity index (χ4v) is 3.05. The zero-order valence-electron chi connectivity index (χ0n) is 18.8. The van der Waals surface area contributed by atoms with E-state index in [1.807, 2.05) is 27.7 Å². The Labute approximate surface area is 169 Å². The van der Waals surface area contributed by atoms with Crippen molar-refractivity contribution < 1.29 is 29.0 Å². The van der Waals surface area contributed by atoms with Gasteiger partial charge in [0.2, 0.25) is 5.91 Å². The lowest BCUT2D eigenvalue weighted by atomic mass is 9.58. The smallest absolute Gasteiger partial charge is 0.333 e. The van der Waals surface area contributed by atoms with Crippen LogP contribution in [0.3, 0.4) is 0 Å². The van der Waals surface area contributed by atoms with Gasteiger partial charge in [-0.3, -0.25) is 9.59 Å². The first-order valence-electron chi connectivity index (χ1n) is 9.46. The van der Waals surface area contributed by atoms with Crippen molar-refractivity contribution in [3.8, 4) is 0 Å². The Morgan fingerprint density at radius 1 is 1.04 bits per heavy atom. The summed E-state index contributed by atoms with van der Waals surface area (Å²) in [6.45, 7) is 15.5. The Kier molecular flexibility index (Phi) is 9.37. The maximum Gasteiger partial charge on any atom is 0.333 e. The van der Waals surface area contributed by atoms with Gasteiger partial charge in [-0.2, -0.15) is 0 Å². The average molecular weight is 400 g/mol. The Morgan fingerprint density at radius 2 is 1.50 bits per heavy atom. The van der Waals surface area contributed by atoms with Gasteiger partial charge in [0.25, 0.3) is 0 Å². The second-order valence-electron chi connectivity index (χ2n) is 8.93. The number of esters is 2. The molecule has 0 spiro atoms. The first kappa shape index (κ1) is 26.1. The highest BCUT2D eigenvalue weighted by Gasteiger charge is 2.52. The molecule has 1 amide bonds. The van der Waals surface area contributed by atoms with Gasteiger partial charge in [-0.1, -0.05) is 34.3 Å². The SMILES string of the molecule is C=C(C)C(=O)OCC(O)COC(=O)C(C)(C)C(C)(C)C(C(=O)N(C)C)C(C)C. The normalized spacial score (nSPS) is 14.2. The van der Waals surface area contributed by atoms with E-state index in [0.717, 1.165) is 0 Å². The van der Waals surface area contributed by atoms with Gasteiger partial charge in [-0.25, -0.2) is 4.79 Å². The summed E-state index contributed by atoms with van der Waals surface area (Å²) in [6, 6.07) is 0. The zero-order chi connectivity index (χ0) is 22.4. The third kappa shape index (κ3) is 6.33. The molecule has 0 heterocycles. The molecule has 2 unspecified atom stereocenters. The van der Waals surface area contributed by atoms with Gasteiger partial charge in [-0.15, -0.1) is 0 Å². The van der Waals surface area contributed by atoms with Gasteiger partial charge >= 0.3 is 11.9 Å². The number of aliphatic hydroxyl groups excluding tert-OH is 1. The molecule has 28 heavy (non-hydrogen) atoms. The first-order valence-corrected chi connectivity index (χ1v) is 9.46. The van der Waals surface area contributed by atoms with Gasteiger partial charge < -0.3 is 19.5 Å². The fourth-order valence-electron chi connectivity index (χ4n) is 3.05. The number of aliphatic hydroxyl groups is 1. The topological polar surface area (TPSA) is 93.1 Å². The molecule has 0 radical (unpaired) electrons. The quantitative estimate of drug-likeness (QED) is 0.448. The fraction of sp³-hybridized carbons (Fsp3) is 0.762. The number of carbonyl (C=O) groups excluding carboxylic acids is 3. The molecule has 0 bridgehead atoms. The number of hydrogen-bond donors (Lipinski definition) is 1. The van der Waals surface area contributed by atoms with Crippen molar-refractivity contribution in [1.82, 2.24) is 4.90 Å². The summed E-state index contributed by atoms with van der Waals surface area (Å²) in [5.74, 6) is -1.57. The summed E-state index contributed by atoms with van der Waals surface area (Å²) in [4.78, 5) is 38.4. The summed E-state index contributed by atoms with van der Waals surface area (Å²) in [5, 5.41) is 9.91. The van der Waals surface area contributed by atoms with Crippen LogP contribution in [0.1, 0.15) is 48.5 Å². The van der Waals surface area contributed by atoms with E-state index >= 15 is 0 Å². The van der Waals surface area contributed by atoms with Crippen molar-refractivity contribution >= 4 is 17.8 Å². The molecule has 0 aromatic rings. The lowest BCUT2D eigenvalue weighted by Crippen LogP contribution is -2.52. The number of hydrogen-bond acceptors (Lipinski definition) is 6. The van der Waals surface area contributed by atoms with E-state index in [-0.39, 0.29) is 30.6 Å². The van der Waals surface area contributed by atoms with Crippen LogP contribution in [0.25, 0.3) is 0 Å². The molecule has 1 N–H and O–H groups in total. The second-order valence-corrected chi connectivity index (χ2v) is 8.93. The van der Waals surface area contributed by atoms with Crippen molar-refractivity contribution in [2.45, 2.75) is 54.6 Å². The van der Waals surface area contributed by atoms with E-state index in [1.165, 1.54) is 11.8 Å². The maximum atomic E-state index is 12.8. The molecule has 2 atom stereocenters. The number of ether oxygens (including phenoxy) is 2. The lowest BCUT2D eigenvalue weighted by molar-refractivity contribution is -0.171. The van der Waals surface area contributed by atoms with Crippen molar-refractivity contribution in [2.24, 2.45) is 22.7 Å². The zero-order valence-corrected chi connectivity index (χ0v) is 18.8. The molecule has 0 aromatic carbocycles. The van der Waals surface area contributed by atoms with Crippen LogP contribution in [0.15, 0.2) is 12.2 Å². The van der Waals surface area contributed by atoms with Crippen LogP contribution in [-0.2, 0) is 23.9 Å². The van der Waals surface area contributed by atoms with Crippen LogP contribution in [0.2, 0.25) is 0 Å². The monoisotopic (exact) mass is 399 g/mol. The lowest BCUT2D eigenvalue weighted by Gasteiger charge is -2.46. The number of carbonyl (C=O) groups is 3. The molecular weight excluding hydrogens is 362 g/mol. The molecule has 0 saturated carbocycles. The van der Waals surface area contributed by atoms with Crippen molar-refractivity contribution in [3.63, 3.8) is 0 Å². The average Bonchev–Trinajstić information content (AvgIpc) is 2.56. The van der Waals surface area contributed by atoms with Gasteiger partial charge in [0, 0.05) is 25.6 Å². The molecule has 0 rings (SSSR count). The predicted molar refractivity (Wildman–Crippen MR) is 107 cm³/mol. The number of nitrogens with zero attached hydrogens (tertiary/aromatic N) is 1. The Bertz CT molecular complexity index is 592. The molecular formula is C21H37NO6. The molecule has 7 nitrogen and oxygen atoms in total. The summed E-state index contributed by atoms with van der Waals surface area (Å²) >= 11 is 0. The van der Waals surface area contributed by atoms with E-state index in [1.54, 1.807) is 27.9 Å². The number of rotatable bonds is 10. The van der Waals surface area contributed by atoms with Gasteiger partial charge in [0.1, 0.15) is 19.3 Å². The van der Waals surface area contributed by atoms with E-state index in [2.05, 4.69) is 6.58 Å². The minimum Gasteiger partial charge on any atom is -0.462 e. The summed E-state index contributed by atoms with van der Waals surface area (Å²) in [5.41, 5.74) is -1.49. The van der Waals surface area contributed by atoms with Crippen LogP contribution in [-0.4, -0.2) is 61.3 Å². The summed E-state index contributed by atoms with van der Waals surface area (Å²) in [7, 11) is 3.39. The minimum atomic E-state index is -1.14. The minimum absolute atomic E-state index is 0.0177. The molecule has 0 saturated heterocycles. The highest BCUT2D eigenvalue weighted by atomic mass is 16.6. The molecule has 0 aliphatic heterocycles. The van der Waals surface area contributed by atoms with E-state index in [9.17, 15) is 19.5 Å². The second kappa shape index (κ2) is 10.0. The third-order valence-corrected chi connectivity index (χ3v) is 5.43. The predicted octanol–water partition coefficient (Wildman–Crippen LogP) is 2.42. The highest BCUT2D eigenvalue weighted by molar-refractivity contribution is 5.87. The van der Waals surface area contributed by atoms with Crippen molar-refractivity contribution in [3.05, 3.63) is 12.2 Å². The molecule has 0 fully saturated rings. The Morgan fingerprint density at radius 3 is 1.89 bits per heavy atom. The first-order chi connectivity index (χ1) is 12.6. The van der Waals surface area contributed by atoms with Gasteiger partial charge in [-0.05, 0) is 32.1 Å². The van der Waals surface area contributed by atoms with Gasteiger partial charge in [0.15, 0.2) is 0 Å². The van der Waals surface area contributed by atoms with Crippen LogP contribution in [0.4, 0.5) is 0 Å². The van der Waals surface area contributed by atoms with Gasteiger partial charge in [0.05, 0.1) is 5.41 Å². The summed E-state index contributed by atoms with van der Waals surface area (Å²) in [6.07, 6.45) is -1.14. The molecule has 0 aromatic heterocycles. The number of amides is 1. The highest BCUT2D eigenvalue weighted by Crippen LogP contribution is 2.48. The Hall–Kier alpha value is -1.89. The van der Waals surface area contributed by atoms with Crippen LogP contribution in [0.5, 0.6) is 0 Å². The van der Waals surface area contributed by atoms with E-state index in [0.29, 0.717) is 0 Å². The molecule has 0 aliphatic carbocycles. The summed E-state index contributed by atoms with van der Waals surface area (Å²) < 4.78 is 10.1. The van der Waals surface area contributed by atoms with E-state index < -0.39 is 34.8 Å². The standard InChI is InChI=1S/C21H37NO6/c1-13(2)16(17(24)22(9)10)20(5,6)21(7,8)19(26)28-12-15(23)11-27-18(25)14(3)4/h13,15-16,23H,3,11-12H2,1-2,4-10H3. The molecule has 162 valence electrons. The van der Waals surface area contributed by atoms with Crippen molar-refractivity contribution in [1.29, 1.82) is 0 Å². The van der Waals surface area contributed by atoms with Crippen LogP contribution < -0.4 is 0 Å². The third-order valence-electron chi connectivity index (χ3n) is 5.43. The molecule has 0 aliphatic rings. The van der Waals surface area contributed by atoms with Crippen LogP contribution in [0, 0.1) is 22.7 Å². The van der Waals surface area contributed by atoms with Crippen molar-refractivity contribution in [2.75, 3.05) is 27.3 Å².